The Hall–Kier alpha value is -1.04. The average Bonchev–Trinajstić information content (AvgIpc) is 2.20. The van der Waals surface area contributed by atoms with Crippen molar-refractivity contribution >= 4 is 0 Å². The van der Waals surface area contributed by atoms with E-state index in [9.17, 15) is 0 Å². The maximum absolute atomic E-state index is 3.43. The van der Waals surface area contributed by atoms with E-state index in [1.807, 2.05) is 0 Å². The number of allylic oxidation sites excluding steroid dienone is 1. The van der Waals surface area contributed by atoms with Crippen LogP contribution in [0.2, 0.25) is 0 Å². The second-order valence-electron chi connectivity index (χ2n) is 4.27. The second kappa shape index (κ2) is 5.16. The van der Waals surface area contributed by atoms with Crippen molar-refractivity contribution in [3.63, 3.8) is 0 Å². The lowest BCUT2D eigenvalue weighted by Gasteiger charge is -2.11. The molecule has 0 aliphatic heterocycles. The van der Waals surface area contributed by atoms with Gasteiger partial charge in [0, 0.05) is 0 Å². The zero-order valence-electron chi connectivity index (χ0n) is 10.6. The maximum Gasteiger partial charge on any atom is -0.0120 e. The predicted molar refractivity (Wildman–Crippen MR) is 67.2 cm³/mol. The van der Waals surface area contributed by atoms with Crippen molar-refractivity contribution in [2.75, 3.05) is 0 Å². The summed E-state index contributed by atoms with van der Waals surface area (Å²) in [5.41, 5.74) is 6.77. The van der Waals surface area contributed by atoms with Crippen LogP contribution in [0.15, 0.2) is 12.1 Å². The minimum atomic E-state index is 1.12. The number of hydrogen-bond acceptors (Lipinski definition) is 0. The Kier molecular flexibility index (Phi) is 4.14. The van der Waals surface area contributed by atoms with Crippen LogP contribution in [0.25, 0.3) is 0 Å². The average molecular weight is 201 g/mol. The van der Waals surface area contributed by atoms with Crippen molar-refractivity contribution in [1.29, 1.82) is 0 Å². The van der Waals surface area contributed by atoms with Gasteiger partial charge in [-0.05, 0) is 68.0 Å². The van der Waals surface area contributed by atoms with Gasteiger partial charge in [0.05, 0.1) is 0 Å². The molecular weight excluding hydrogens is 180 g/mol. The summed E-state index contributed by atoms with van der Waals surface area (Å²) < 4.78 is 0. The standard InChI is InChI=1S/C15H21/c1-6-7-8-9-15-12(3)10-11(2)13(4)14(15)5/h8,10H,6-7H2,1-5H3. The Labute approximate surface area is 94.0 Å². The summed E-state index contributed by atoms with van der Waals surface area (Å²) in [5.74, 6) is 0. The molecule has 1 aromatic carbocycles. The Morgan fingerprint density at radius 3 is 2.33 bits per heavy atom. The van der Waals surface area contributed by atoms with Crippen molar-refractivity contribution in [2.45, 2.75) is 47.5 Å². The first-order valence-corrected chi connectivity index (χ1v) is 5.73. The molecule has 0 bridgehead atoms. The fraction of sp³-hybridized carbons (Fsp3) is 0.467. The van der Waals surface area contributed by atoms with E-state index in [0.29, 0.717) is 0 Å². The Balaban J connectivity index is 3.12. The van der Waals surface area contributed by atoms with Crippen molar-refractivity contribution in [1.82, 2.24) is 0 Å². The molecule has 0 heteroatoms. The van der Waals surface area contributed by atoms with Crippen LogP contribution in [0.1, 0.15) is 47.6 Å². The zero-order valence-corrected chi connectivity index (χ0v) is 10.6. The molecule has 15 heavy (non-hydrogen) atoms. The van der Waals surface area contributed by atoms with Gasteiger partial charge in [0.2, 0.25) is 0 Å². The summed E-state index contributed by atoms with van der Waals surface area (Å²) in [6.45, 7) is 10.9. The van der Waals surface area contributed by atoms with Gasteiger partial charge in [-0.1, -0.05) is 25.5 Å². The largest absolute Gasteiger partial charge is 0.0760 e. The lowest BCUT2D eigenvalue weighted by Crippen LogP contribution is -1.95. The highest BCUT2D eigenvalue weighted by molar-refractivity contribution is 5.46. The van der Waals surface area contributed by atoms with Crippen molar-refractivity contribution < 1.29 is 0 Å². The fourth-order valence-corrected chi connectivity index (χ4v) is 1.82. The van der Waals surface area contributed by atoms with Crippen LogP contribution < -0.4 is 0 Å². The van der Waals surface area contributed by atoms with Crippen LogP contribution in [-0.4, -0.2) is 0 Å². The Morgan fingerprint density at radius 1 is 1.07 bits per heavy atom. The SMILES string of the molecule is CCC/C=[C]\c1c(C)cc(C)c(C)c1C. The third-order valence-corrected chi connectivity index (χ3v) is 3.04. The number of unbranched alkanes of at least 4 members (excludes halogenated alkanes) is 1. The van der Waals surface area contributed by atoms with E-state index in [1.54, 1.807) is 0 Å². The third-order valence-electron chi connectivity index (χ3n) is 3.04. The highest BCUT2D eigenvalue weighted by Crippen LogP contribution is 2.21. The lowest BCUT2D eigenvalue weighted by molar-refractivity contribution is 0.955. The molecule has 0 spiro atoms. The van der Waals surface area contributed by atoms with Gasteiger partial charge in [-0.3, -0.25) is 0 Å². The number of hydrogen-bond donors (Lipinski definition) is 0. The topological polar surface area (TPSA) is 0 Å². The molecule has 0 saturated heterocycles. The molecule has 1 aromatic rings. The minimum absolute atomic E-state index is 1.12. The zero-order chi connectivity index (χ0) is 11.4. The molecule has 0 aliphatic carbocycles. The molecule has 0 heterocycles. The van der Waals surface area contributed by atoms with Gasteiger partial charge in [-0.2, -0.15) is 0 Å². The van der Waals surface area contributed by atoms with Gasteiger partial charge in [0.1, 0.15) is 0 Å². The minimum Gasteiger partial charge on any atom is -0.0760 e. The van der Waals surface area contributed by atoms with Gasteiger partial charge in [-0.15, -0.1) is 0 Å². The molecule has 81 valence electrons. The van der Waals surface area contributed by atoms with Crippen molar-refractivity contribution in [3.8, 4) is 0 Å². The van der Waals surface area contributed by atoms with Gasteiger partial charge < -0.3 is 0 Å². The first-order chi connectivity index (χ1) is 7.07. The normalized spacial score (nSPS) is 11.3. The summed E-state index contributed by atoms with van der Waals surface area (Å²) in [5, 5.41) is 0. The second-order valence-corrected chi connectivity index (χ2v) is 4.27. The summed E-state index contributed by atoms with van der Waals surface area (Å²) in [7, 11) is 0. The van der Waals surface area contributed by atoms with E-state index in [2.05, 4.69) is 52.8 Å². The van der Waals surface area contributed by atoms with E-state index in [0.717, 1.165) is 6.42 Å². The van der Waals surface area contributed by atoms with E-state index < -0.39 is 0 Å². The number of benzene rings is 1. The van der Waals surface area contributed by atoms with E-state index >= 15 is 0 Å². The van der Waals surface area contributed by atoms with E-state index in [4.69, 9.17) is 0 Å². The molecule has 0 amide bonds. The van der Waals surface area contributed by atoms with Crippen LogP contribution in [0.4, 0.5) is 0 Å². The fourth-order valence-electron chi connectivity index (χ4n) is 1.82. The van der Waals surface area contributed by atoms with Crippen LogP contribution in [0.5, 0.6) is 0 Å². The van der Waals surface area contributed by atoms with E-state index in [-0.39, 0.29) is 0 Å². The first kappa shape index (κ1) is 12.0. The monoisotopic (exact) mass is 201 g/mol. The molecule has 0 atom stereocenters. The predicted octanol–water partition coefficient (Wildman–Crippen LogP) is 4.43. The van der Waals surface area contributed by atoms with Gasteiger partial charge in [0.25, 0.3) is 0 Å². The summed E-state index contributed by atoms with van der Waals surface area (Å²) in [4.78, 5) is 0. The Morgan fingerprint density at radius 2 is 1.73 bits per heavy atom. The maximum atomic E-state index is 3.43. The van der Waals surface area contributed by atoms with Crippen molar-refractivity contribution in [3.05, 3.63) is 46.0 Å². The number of aryl methyl sites for hydroxylation is 2. The van der Waals surface area contributed by atoms with E-state index in [1.165, 1.54) is 34.2 Å². The summed E-state index contributed by atoms with van der Waals surface area (Å²) in [6, 6.07) is 2.25. The quantitative estimate of drug-likeness (QED) is 0.678. The van der Waals surface area contributed by atoms with Gasteiger partial charge in [0.15, 0.2) is 0 Å². The molecule has 0 N–H and O–H groups in total. The van der Waals surface area contributed by atoms with Crippen LogP contribution in [0.3, 0.4) is 0 Å². The molecule has 0 fully saturated rings. The molecule has 0 aliphatic rings. The van der Waals surface area contributed by atoms with Crippen LogP contribution in [-0.2, 0) is 0 Å². The van der Waals surface area contributed by atoms with Gasteiger partial charge >= 0.3 is 0 Å². The van der Waals surface area contributed by atoms with Crippen LogP contribution in [0, 0.1) is 33.8 Å². The lowest BCUT2D eigenvalue weighted by atomic mass is 9.94. The third kappa shape index (κ3) is 2.71. The highest BCUT2D eigenvalue weighted by atomic mass is 14.1. The van der Waals surface area contributed by atoms with Crippen molar-refractivity contribution in [2.24, 2.45) is 0 Å². The highest BCUT2D eigenvalue weighted by Gasteiger charge is 2.05. The van der Waals surface area contributed by atoms with Crippen LogP contribution >= 0.6 is 0 Å². The molecule has 0 saturated carbocycles. The number of rotatable bonds is 3. The molecule has 0 nitrogen and oxygen atoms in total. The van der Waals surface area contributed by atoms with Gasteiger partial charge in [-0.25, -0.2) is 0 Å². The molecule has 1 rings (SSSR count). The smallest absolute Gasteiger partial charge is 0.0120 e. The Bertz CT molecular complexity index is 370. The molecule has 0 aromatic heterocycles. The first-order valence-electron chi connectivity index (χ1n) is 5.73. The molecule has 0 unspecified atom stereocenters. The molecular formula is C15H21. The molecule has 1 radical (unpaired) electrons. The summed E-state index contributed by atoms with van der Waals surface area (Å²) >= 11 is 0. The summed E-state index contributed by atoms with van der Waals surface area (Å²) in [6.07, 6.45) is 7.89.